The molecule has 1 fully saturated rings. The first kappa shape index (κ1) is 12.3. The Hall–Kier alpha value is 0.270. The first-order chi connectivity index (χ1) is 6.55. The van der Waals surface area contributed by atoms with E-state index >= 15 is 0 Å². The summed E-state index contributed by atoms with van der Waals surface area (Å²) in [6.07, 6.45) is 2.61. The number of aliphatic hydroxyl groups is 1. The maximum atomic E-state index is 9.14. The zero-order chi connectivity index (χ0) is 10.6. The van der Waals surface area contributed by atoms with E-state index in [0.717, 1.165) is 11.8 Å². The highest BCUT2D eigenvalue weighted by molar-refractivity contribution is 7.99. The van der Waals surface area contributed by atoms with E-state index in [1.54, 1.807) is 0 Å². The number of hydrogen-bond acceptors (Lipinski definition) is 3. The van der Waals surface area contributed by atoms with Gasteiger partial charge in [-0.2, -0.15) is 11.8 Å². The summed E-state index contributed by atoms with van der Waals surface area (Å²) in [7, 11) is 0. The summed E-state index contributed by atoms with van der Waals surface area (Å²) in [6.45, 7) is 7.67. The molecule has 0 saturated carbocycles. The molecule has 0 spiro atoms. The Kier molecular flexibility index (Phi) is 4.74. The van der Waals surface area contributed by atoms with Crippen molar-refractivity contribution in [1.82, 2.24) is 5.32 Å². The fourth-order valence-corrected chi connectivity index (χ4v) is 2.82. The van der Waals surface area contributed by atoms with Crippen molar-refractivity contribution in [3.8, 4) is 0 Å². The molecule has 1 saturated heterocycles. The van der Waals surface area contributed by atoms with E-state index in [9.17, 15) is 0 Å². The molecular formula is C11H23NOS. The Balaban J connectivity index is 2.29. The van der Waals surface area contributed by atoms with Crippen LogP contribution in [-0.2, 0) is 0 Å². The van der Waals surface area contributed by atoms with Gasteiger partial charge in [-0.3, -0.25) is 0 Å². The summed E-state index contributed by atoms with van der Waals surface area (Å²) >= 11 is 2.06. The topological polar surface area (TPSA) is 32.3 Å². The molecule has 2 unspecified atom stereocenters. The zero-order valence-electron chi connectivity index (χ0n) is 9.55. The summed E-state index contributed by atoms with van der Waals surface area (Å²) in [4.78, 5) is 0. The lowest BCUT2D eigenvalue weighted by molar-refractivity contribution is 0.152. The van der Waals surface area contributed by atoms with Crippen LogP contribution < -0.4 is 5.32 Å². The van der Waals surface area contributed by atoms with Crippen LogP contribution in [0.25, 0.3) is 0 Å². The molecule has 0 aliphatic carbocycles. The first-order valence-electron chi connectivity index (χ1n) is 5.51. The van der Waals surface area contributed by atoms with Crippen molar-refractivity contribution in [2.75, 3.05) is 18.9 Å². The van der Waals surface area contributed by atoms with Crippen molar-refractivity contribution in [2.45, 2.75) is 44.9 Å². The highest BCUT2D eigenvalue weighted by Gasteiger charge is 2.24. The molecule has 1 rings (SSSR count). The summed E-state index contributed by atoms with van der Waals surface area (Å²) in [5.74, 6) is 1.31. The Morgan fingerprint density at radius 2 is 2.21 bits per heavy atom. The van der Waals surface area contributed by atoms with Crippen LogP contribution in [-0.4, -0.2) is 35.3 Å². The van der Waals surface area contributed by atoms with E-state index < -0.39 is 0 Å². The highest BCUT2D eigenvalue weighted by atomic mass is 32.2. The van der Waals surface area contributed by atoms with E-state index in [4.69, 9.17) is 5.11 Å². The number of rotatable bonds is 4. The Morgan fingerprint density at radius 1 is 1.50 bits per heavy atom. The summed E-state index contributed by atoms with van der Waals surface area (Å²) in [5.41, 5.74) is 0.0157. The second-order valence-corrected chi connectivity index (χ2v) is 6.51. The minimum atomic E-state index is 0.0157. The van der Waals surface area contributed by atoms with Gasteiger partial charge in [0.05, 0.1) is 0 Å². The molecule has 1 aliphatic rings. The van der Waals surface area contributed by atoms with Gasteiger partial charge in [0.1, 0.15) is 0 Å². The minimum absolute atomic E-state index is 0.0157. The molecular weight excluding hydrogens is 194 g/mol. The molecule has 2 atom stereocenters. The molecule has 0 aromatic rings. The molecule has 0 radical (unpaired) electrons. The third-order valence-electron chi connectivity index (χ3n) is 2.88. The van der Waals surface area contributed by atoms with Crippen LogP contribution in [0.5, 0.6) is 0 Å². The average Bonchev–Trinajstić information content (AvgIpc) is 2.17. The molecule has 2 nitrogen and oxygen atoms in total. The SMILES string of the molecule is CC1SCCCC1NCC(C)(C)CO. The van der Waals surface area contributed by atoms with Crippen LogP contribution in [0.2, 0.25) is 0 Å². The Bertz CT molecular complexity index is 173. The molecule has 84 valence electrons. The van der Waals surface area contributed by atoms with Crippen molar-refractivity contribution in [1.29, 1.82) is 0 Å². The molecule has 14 heavy (non-hydrogen) atoms. The van der Waals surface area contributed by atoms with Gasteiger partial charge in [0.15, 0.2) is 0 Å². The third-order valence-corrected chi connectivity index (χ3v) is 4.26. The lowest BCUT2D eigenvalue weighted by atomic mass is 9.94. The summed E-state index contributed by atoms with van der Waals surface area (Å²) < 4.78 is 0. The Morgan fingerprint density at radius 3 is 2.79 bits per heavy atom. The van der Waals surface area contributed by atoms with Crippen molar-refractivity contribution in [3.05, 3.63) is 0 Å². The van der Waals surface area contributed by atoms with Crippen LogP contribution in [0, 0.1) is 5.41 Å². The second-order valence-electron chi connectivity index (χ2n) is 5.03. The van der Waals surface area contributed by atoms with Gasteiger partial charge in [0.25, 0.3) is 0 Å². The summed E-state index contributed by atoms with van der Waals surface area (Å²) in [6, 6.07) is 0.638. The van der Waals surface area contributed by atoms with E-state index in [1.165, 1.54) is 18.6 Å². The van der Waals surface area contributed by atoms with Crippen LogP contribution in [0.4, 0.5) is 0 Å². The van der Waals surface area contributed by atoms with Gasteiger partial charge < -0.3 is 10.4 Å². The van der Waals surface area contributed by atoms with Gasteiger partial charge in [-0.05, 0) is 18.6 Å². The maximum absolute atomic E-state index is 9.14. The normalized spacial score (nSPS) is 29.1. The fourth-order valence-electron chi connectivity index (χ4n) is 1.65. The van der Waals surface area contributed by atoms with Crippen molar-refractivity contribution in [2.24, 2.45) is 5.41 Å². The van der Waals surface area contributed by atoms with Gasteiger partial charge in [-0.25, -0.2) is 0 Å². The number of thioether (sulfide) groups is 1. The van der Waals surface area contributed by atoms with E-state index in [0.29, 0.717) is 6.04 Å². The minimum Gasteiger partial charge on any atom is -0.396 e. The van der Waals surface area contributed by atoms with Crippen LogP contribution in [0.1, 0.15) is 33.6 Å². The molecule has 1 heterocycles. The van der Waals surface area contributed by atoms with Crippen molar-refractivity contribution < 1.29 is 5.11 Å². The standard InChI is InChI=1S/C11H23NOS/c1-9-10(5-4-6-14-9)12-7-11(2,3)8-13/h9-10,12-13H,4-8H2,1-3H3. The van der Waals surface area contributed by atoms with Crippen molar-refractivity contribution in [3.63, 3.8) is 0 Å². The van der Waals surface area contributed by atoms with Gasteiger partial charge >= 0.3 is 0 Å². The lowest BCUT2D eigenvalue weighted by Crippen LogP contribution is -2.44. The van der Waals surface area contributed by atoms with E-state index in [-0.39, 0.29) is 12.0 Å². The average molecular weight is 217 g/mol. The molecule has 0 aromatic carbocycles. The summed E-state index contributed by atoms with van der Waals surface area (Å²) in [5, 5.41) is 13.4. The predicted octanol–water partition coefficient (Wildman–Crippen LogP) is 1.88. The molecule has 0 aromatic heterocycles. The fraction of sp³-hybridized carbons (Fsp3) is 1.00. The molecule has 0 bridgehead atoms. The zero-order valence-corrected chi connectivity index (χ0v) is 10.4. The van der Waals surface area contributed by atoms with Crippen LogP contribution >= 0.6 is 11.8 Å². The second kappa shape index (κ2) is 5.38. The quantitative estimate of drug-likeness (QED) is 0.754. The number of nitrogens with one attached hydrogen (secondary N) is 1. The third kappa shape index (κ3) is 3.79. The monoisotopic (exact) mass is 217 g/mol. The molecule has 0 amide bonds. The maximum Gasteiger partial charge on any atom is 0.0494 e. The highest BCUT2D eigenvalue weighted by Crippen LogP contribution is 2.25. The van der Waals surface area contributed by atoms with Crippen molar-refractivity contribution >= 4 is 11.8 Å². The predicted molar refractivity (Wildman–Crippen MR) is 63.8 cm³/mol. The van der Waals surface area contributed by atoms with Gasteiger partial charge in [0.2, 0.25) is 0 Å². The molecule has 1 aliphatic heterocycles. The number of hydrogen-bond donors (Lipinski definition) is 2. The number of aliphatic hydroxyl groups excluding tert-OH is 1. The van der Waals surface area contributed by atoms with E-state index in [1.807, 2.05) is 0 Å². The van der Waals surface area contributed by atoms with Crippen LogP contribution in [0.3, 0.4) is 0 Å². The Labute approximate surface area is 91.9 Å². The molecule has 2 N–H and O–H groups in total. The lowest BCUT2D eigenvalue weighted by Gasteiger charge is -2.32. The first-order valence-corrected chi connectivity index (χ1v) is 6.56. The van der Waals surface area contributed by atoms with Gasteiger partial charge in [-0.15, -0.1) is 0 Å². The largest absolute Gasteiger partial charge is 0.396 e. The van der Waals surface area contributed by atoms with Crippen LogP contribution in [0.15, 0.2) is 0 Å². The van der Waals surface area contributed by atoms with E-state index in [2.05, 4.69) is 37.8 Å². The van der Waals surface area contributed by atoms with Gasteiger partial charge in [0, 0.05) is 29.9 Å². The smallest absolute Gasteiger partial charge is 0.0494 e. The molecule has 3 heteroatoms. The van der Waals surface area contributed by atoms with Gasteiger partial charge in [-0.1, -0.05) is 20.8 Å².